The van der Waals surface area contributed by atoms with Gasteiger partial charge in [0.2, 0.25) is 0 Å². The fourth-order valence-corrected chi connectivity index (χ4v) is 2.89. The quantitative estimate of drug-likeness (QED) is 0.921. The van der Waals surface area contributed by atoms with Crippen molar-refractivity contribution in [3.8, 4) is 0 Å². The van der Waals surface area contributed by atoms with E-state index in [1.165, 1.54) is 0 Å². The van der Waals surface area contributed by atoms with Crippen LogP contribution in [0, 0.1) is 5.41 Å². The summed E-state index contributed by atoms with van der Waals surface area (Å²) in [5.41, 5.74) is 6.56. The molecule has 0 saturated carbocycles. The van der Waals surface area contributed by atoms with E-state index in [-0.39, 0.29) is 11.3 Å². The van der Waals surface area contributed by atoms with Crippen molar-refractivity contribution >= 4 is 16.7 Å². The first-order valence-electron chi connectivity index (χ1n) is 7.46. The fourth-order valence-electron chi connectivity index (χ4n) is 2.89. The van der Waals surface area contributed by atoms with Crippen molar-refractivity contribution in [2.45, 2.75) is 19.8 Å². The number of nitrogens with zero attached hydrogens (tertiary/aromatic N) is 2. The third kappa shape index (κ3) is 2.63. The van der Waals surface area contributed by atoms with Crippen LogP contribution in [0.25, 0.3) is 10.8 Å². The molecule has 0 aliphatic carbocycles. The summed E-state index contributed by atoms with van der Waals surface area (Å²) in [6.07, 6.45) is 3.63. The van der Waals surface area contributed by atoms with Gasteiger partial charge in [0, 0.05) is 24.7 Å². The molecule has 0 bridgehead atoms. The van der Waals surface area contributed by atoms with Crippen molar-refractivity contribution < 1.29 is 4.79 Å². The zero-order valence-electron chi connectivity index (χ0n) is 12.4. The first-order valence-corrected chi connectivity index (χ1v) is 7.46. The van der Waals surface area contributed by atoms with Gasteiger partial charge in [0.25, 0.3) is 5.91 Å². The molecule has 1 aromatic carbocycles. The zero-order valence-corrected chi connectivity index (χ0v) is 12.4. The number of benzene rings is 1. The summed E-state index contributed by atoms with van der Waals surface area (Å²) >= 11 is 0. The molecule has 2 N–H and O–H groups in total. The monoisotopic (exact) mass is 283 g/mol. The third-order valence-corrected chi connectivity index (χ3v) is 4.63. The van der Waals surface area contributed by atoms with Crippen LogP contribution < -0.4 is 5.73 Å². The Balaban J connectivity index is 1.85. The molecule has 2 aromatic rings. The molecule has 110 valence electrons. The number of carbonyl (C=O) groups is 1. The predicted octanol–water partition coefficient (Wildman–Crippen LogP) is 2.44. The van der Waals surface area contributed by atoms with E-state index < -0.39 is 0 Å². The van der Waals surface area contributed by atoms with Crippen molar-refractivity contribution in [1.29, 1.82) is 0 Å². The maximum atomic E-state index is 12.7. The number of hydrogen-bond acceptors (Lipinski definition) is 3. The molecule has 3 rings (SSSR count). The van der Waals surface area contributed by atoms with Gasteiger partial charge in [-0.1, -0.05) is 31.2 Å². The Morgan fingerprint density at radius 3 is 2.71 bits per heavy atom. The van der Waals surface area contributed by atoms with Crippen LogP contribution in [0.3, 0.4) is 0 Å². The fraction of sp³-hybridized carbons (Fsp3) is 0.412. The first-order chi connectivity index (χ1) is 10.1. The maximum absolute atomic E-state index is 12.7. The van der Waals surface area contributed by atoms with Gasteiger partial charge in [-0.05, 0) is 36.3 Å². The molecule has 1 amide bonds. The molecular weight excluding hydrogens is 262 g/mol. The lowest BCUT2D eigenvalue weighted by atomic mass is 9.80. The molecule has 0 atom stereocenters. The van der Waals surface area contributed by atoms with E-state index in [0.717, 1.165) is 36.7 Å². The number of nitrogens with two attached hydrogens (primary N) is 1. The third-order valence-electron chi connectivity index (χ3n) is 4.63. The molecule has 1 saturated heterocycles. The van der Waals surface area contributed by atoms with Gasteiger partial charge in [0.1, 0.15) is 5.69 Å². The Morgan fingerprint density at radius 1 is 1.29 bits per heavy atom. The molecule has 0 spiro atoms. The van der Waals surface area contributed by atoms with E-state index in [0.29, 0.717) is 12.2 Å². The lowest BCUT2D eigenvalue weighted by Crippen LogP contribution is -2.45. The van der Waals surface area contributed by atoms with Crippen LogP contribution >= 0.6 is 0 Å². The average molecular weight is 283 g/mol. The summed E-state index contributed by atoms with van der Waals surface area (Å²) < 4.78 is 0. The molecule has 21 heavy (non-hydrogen) atoms. The summed E-state index contributed by atoms with van der Waals surface area (Å²) in [4.78, 5) is 19.0. The molecular formula is C17H21N3O. The highest BCUT2D eigenvalue weighted by atomic mass is 16.2. The minimum atomic E-state index is 0.0332. The molecule has 4 heteroatoms. The van der Waals surface area contributed by atoms with E-state index in [4.69, 9.17) is 5.73 Å². The van der Waals surface area contributed by atoms with E-state index >= 15 is 0 Å². The summed E-state index contributed by atoms with van der Waals surface area (Å²) in [5, 5.41) is 1.98. The number of fused-ring (bicyclic) bond motifs is 1. The van der Waals surface area contributed by atoms with Crippen LogP contribution in [0.1, 0.15) is 30.3 Å². The number of hydrogen-bond donors (Lipinski definition) is 1. The van der Waals surface area contributed by atoms with E-state index in [1.54, 1.807) is 6.20 Å². The van der Waals surface area contributed by atoms with Gasteiger partial charge in [-0.15, -0.1) is 0 Å². The maximum Gasteiger partial charge on any atom is 0.273 e. The number of aromatic nitrogens is 1. The minimum absolute atomic E-state index is 0.0332. The second-order valence-corrected chi connectivity index (χ2v) is 6.19. The van der Waals surface area contributed by atoms with Gasteiger partial charge in [-0.3, -0.25) is 9.78 Å². The summed E-state index contributed by atoms with van der Waals surface area (Å²) in [5.74, 6) is 0.0332. The Bertz CT molecular complexity index is 655. The lowest BCUT2D eigenvalue weighted by molar-refractivity contribution is 0.0614. The summed E-state index contributed by atoms with van der Waals surface area (Å²) in [6, 6.07) is 9.83. The van der Waals surface area contributed by atoms with Gasteiger partial charge in [0.15, 0.2) is 0 Å². The second kappa shape index (κ2) is 5.45. The van der Waals surface area contributed by atoms with Crippen LogP contribution in [0.2, 0.25) is 0 Å². The number of pyridine rings is 1. The molecule has 1 aromatic heterocycles. The molecule has 1 aliphatic rings. The van der Waals surface area contributed by atoms with E-state index in [1.807, 2.05) is 35.2 Å². The number of rotatable bonds is 2. The predicted molar refractivity (Wildman–Crippen MR) is 84.0 cm³/mol. The number of amides is 1. The van der Waals surface area contributed by atoms with Crippen LogP contribution in [0.5, 0.6) is 0 Å². The van der Waals surface area contributed by atoms with Crippen molar-refractivity contribution in [3.05, 3.63) is 42.2 Å². The molecule has 1 aliphatic heterocycles. The Kier molecular flexibility index (Phi) is 3.64. The normalized spacial score (nSPS) is 17.9. The summed E-state index contributed by atoms with van der Waals surface area (Å²) in [6.45, 7) is 4.40. The largest absolute Gasteiger partial charge is 0.337 e. The lowest BCUT2D eigenvalue weighted by Gasteiger charge is -2.38. The van der Waals surface area contributed by atoms with Gasteiger partial charge in [0.05, 0.1) is 0 Å². The SMILES string of the molecule is CC1(CN)CCN(C(=O)c2nccc3ccccc23)CC1. The topological polar surface area (TPSA) is 59.2 Å². The van der Waals surface area contributed by atoms with Crippen LogP contribution in [-0.2, 0) is 0 Å². The molecule has 0 radical (unpaired) electrons. The van der Waals surface area contributed by atoms with Gasteiger partial charge in [-0.2, -0.15) is 0 Å². The molecule has 2 heterocycles. The van der Waals surface area contributed by atoms with Crippen molar-refractivity contribution in [3.63, 3.8) is 0 Å². The number of likely N-dealkylation sites (tertiary alicyclic amines) is 1. The van der Waals surface area contributed by atoms with E-state index in [2.05, 4.69) is 11.9 Å². The Hall–Kier alpha value is -1.94. The Labute approximate surface area is 125 Å². The standard InChI is InChI=1S/C17H21N3O/c1-17(12-18)7-10-20(11-8-17)16(21)15-14-5-3-2-4-13(14)6-9-19-15/h2-6,9H,7-8,10-12,18H2,1H3. The highest BCUT2D eigenvalue weighted by Crippen LogP contribution is 2.30. The smallest absolute Gasteiger partial charge is 0.273 e. The average Bonchev–Trinajstić information content (AvgIpc) is 2.54. The summed E-state index contributed by atoms with van der Waals surface area (Å²) in [7, 11) is 0. The molecule has 4 nitrogen and oxygen atoms in total. The van der Waals surface area contributed by atoms with Crippen LogP contribution in [0.15, 0.2) is 36.5 Å². The highest BCUT2D eigenvalue weighted by Gasteiger charge is 2.31. The zero-order chi connectivity index (χ0) is 14.9. The highest BCUT2D eigenvalue weighted by molar-refractivity contribution is 6.05. The van der Waals surface area contributed by atoms with E-state index in [9.17, 15) is 4.79 Å². The van der Waals surface area contributed by atoms with Crippen molar-refractivity contribution in [1.82, 2.24) is 9.88 Å². The van der Waals surface area contributed by atoms with Gasteiger partial charge >= 0.3 is 0 Å². The Morgan fingerprint density at radius 2 is 2.00 bits per heavy atom. The van der Waals surface area contributed by atoms with Crippen LogP contribution in [-0.4, -0.2) is 35.4 Å². The van der Waals surface area contributed by atoms with Crippen molar-refractivity contribution in [2.24, 2.45) is 11.1 Å². The van der Waals surface area contributed by atoms with Crippen molar-refractivity contribution in [2.75, 3.05) is 19.6 Å². The number of piperidine rings is 1. The first kappa shape index (κ1) is 14.0. The molecule has 1 fully saturated rings. The number of carbonyl (C=O) groups excluding carboxylic acids is 1. The molecule has 0 unspecified atom stereocenters. The van der Waals surface area contributed by atoms with Gasteiger partial charge in [-0.25, -0.2) is 0 Å². The van der Waals surface area contributed by atoms with Gasteiger partial charge < -0.3 is 10.6 Å². The minimum Gasteiger partial charge on any atom is -0.337 e. The van der Waals surface area contributed by atoms with Crippen LogP contribution in [0.4, 0.5) is 0 Å². The second-order valence-electron chi connectivity index (χ2n) is 6.19.